The van der Waals surface area contributed by atoms with Crippen LogP contribution in [-0.4, -0.2) is 47.1 Å². The number of unbranched alkanes of at least 4 members (excludes halogenated alkanes) is 2. The highest BCUT2D eigenvalue weighted by molar-refractivity contribution is 5.99. The van der Waals surface area contributed by atoms with E-state index >= 15 is 0 Å². The molecule has 0 fully saturated rings. The zero-order chi connectivity index (χ0) is 15.1. The van der Waals surface area contributed by atoms with Gasteiger partial charge in [-0.3, -0.25) is 9.69 Å². The van der Waals surface area contributed by atoms with Crippen LogP contribution in [0.5, 0.6) is 0 Å². The third-order valence-electron chi connectivity index (χ3n) is 3.80. The van der Waals surface area contributed by atoms with Crippen LogP contribution in [0.15, 0.2) is 6.07 Å². The molecule has 0 radical (unpaired) electrons. The van der Waals surface area contributed by atoms with Gasteiger partial charge in [0.05, 0.1) is 6.54 Å². The molecule has 0 amide bonds. The number of nitrogens with zero attached hydrogens (tertiary/aromatic N) is 2. The lowest BCUT2D eigenvalue weighted by atomic mass is 10.1. The van der Waals surface area contributed by atoms with Crippen LogP contribution in [0.2, 0.25) is 0 Å². The summed E-state index contributed by atoms with van der Waals surface area (Å²) < 4.78 is 2.18. The van der Waals surface area contributed by atoms with E-state index < -0.39 is 0 Å². The van der Waals surface area contributed by atoms with Crippen molar-refractivity contribution in [1.29, 1.82) is 0 Å². The minimum Gasteiger partial charge on any atom is -0.396 e. The van der Waals surface area contributed by atoms with Crippen LogP contribution in [0.4, 0.5) is 0 Å². The van der Waals surface area contributed by atoms with Crippen molar-refractivity contribution in [2.24, 2.45) is 0 Å². The van der Waals surface area contributed by atoms with Gasteiger partial charge >= 0.3 is 0 Å². The Bertz CT molecular complexity index is 438. The number of ketones is 1. The maximum absolute atomic E-state index is 12.4. The molecule has 0 aromatic carbocycles. The number of rotatable bonds is 9. The highest BCUT2D eigenvalue weighted by Crippen LogP contribution is 2.16. The van der Waals surface area contributed by atoms with Crippen LogP contribution in [0, 0.1) is 13.8 Å². The third kappa shape index (κ3) is 4.46. The van der Waals surface area contributed by atoms with E-state index in [-0.39, 0.29) is 12.4 Å². The number of hydrogen-bond donors (Lipinski definition) is 1. The first-order chi connectivity index (χ1) is 9.51. The number of Topliss-reactive ketones (excluding diaryl/α,β-unsaturated/α-hetero) is 1. The van der Waals surface area contributed by atoms with Crippen LogP contribution in [0.25, 0.3) is 0 Å². The van der Waals surface area contributed by atoms with Crippen molar-refractivity contribution in [3.8, 4) is 0 Å². The Kier molecular flexibility index (Phi) is 6.96. The van der Waals surface area contributed by atoms with Crippen LogP contribution in [-0.2, 0) is 6.54 Å². The van der Waals surface area contributed by atoms with Gasteiger partial charge in [-0.15, -0.1) is 0 Å². The topological polar surface area (TPSA) is 45.5 Å². The molecule has 1 rings (SSSR count). The largest absolute Gasteiger partial charge is 0.396 e. The van der Waals surface area contributed by atoms with Crippen LogP contribution < -0.4 is 0 Å². The molecule has 4 nitrogen and oxygen atoms in total. The van der Waals surface area contributed by atoms with Crippen molar-refractivity contribution >= 4 is 5.78 Å². The second kappa shape index (κ2) is 8.22. The Hall–Kier alpha value is -1.13. The van der Waals surface area contributed by atoms with E-state index in [2.05, 4.69) is 16.4 Å². The van der Waals surface area contributed by atoms with E-state index in [1.54, 1.807) is 0 Å². The third-order valence-corrected chi connectivity index (χ3v) is 3.80. The standard InChI is InChI=1S/C16H28N2O2/c1-5-18-13(2)11-15(14(18)3)16(20)12-17(4)9-7-6-8-10-19/h11,19H,5-10,12H2,1-4H3. The normalized spacial score (nSPS) is 11.3. The van der Waals surface area contributed by atoms with Gasteiger partial charge in [0.2, 0.25) is 0 Å². The van der Waals surface area contributed by atoms with Gasteiger partial charge in [-0.25, -0.2) is 0 Å². The molecule has 1 heterocycles. The molecule has 1 aromatic heterocycles. The summed E-state index contributed by atoms with van der Waals surface area (Å²) in [6, 6.07) is 2.00. The Morgan fingerprint density at radius 1 is 1.30 bits per heavy atom. The number of aromatic nitrogens is 1. The summed E-state index contributed by atoms with van der Waals surface area (Å²) >= 11 is 0. The first-order valence-corrected chi connectivity index (χ1v) is 7.50. The van der Waals surface area contributed by atoms with Gasteiger partial charge in [-0.2, -0.15) is 0 Å². The molecule has 1 N–H and O–H groups in total. The second-order valence-corrected chi connectivity index (χ2v) is 5.47. The fourth-order valence-electron chi connectivity index (χ4n) is 2.65. The van der Waals surface area contributed by atoms with E-state index in [9.17, 15) is 4.79 Å². The monoisotopic (exact) mass is 280 g/mol. The van der Waals surface area contributed by atoms with Gasteiger partial charge in [0.25, 0.3) is 0 Å². The summed E-state index contributed by atoms with van der Waals surface area (Å²) in [7, 11) is 1.98. The Morgan fingerprint density at radius 3 is 2.55 bits per heavy atom. The molecule has 0 atom stereocenters. The zero-order valence-electron chi connectivity index (χ0n) is 13.3. The smallest absolute Gasteiger partial charge is 0.178 e. The number of hydrogen-bond acceptors (Lipinski definition) is 3. The Balaban J connectivity index is 2.54. The quantitative estimate of drug-likeness (QED) is 0.558. The minimum absolute atomic E-state index is 0.197. The van der Waals surface area contributed by atoms with Crippen LogP contribution in [0.3, 0.4) is 0 Å². The first kappa shape index (κ1) is 16.9. The van der Waals surface area contributed by atoms with Crippen molar-refractivity contribution in [3.63, 3.8) is 0 Å². The zero-order valence-corrected chi connectivity index (χ0v) is 13.3. The number of aryl methyl sites for hydroxylation is 1. The average molecular weight is 280 g/mol. The maximum atomic E-state index is 12.4. The summed E-state index contributed by atoms with van der Waals surface area (Å²) in [4.78, 5) is 14.4. The van der Waals surface area contributed by atoms with Gasteiger partial charge in [0.1, 0.15) is 0 Å². The summed E-state index contributed by atoms with van der Waals surface area (Å²) in [5, 5.41) is 8.74. The van der Waals surface area contributed by atoms with Gasteiger partial charge in [-0.1, -0.05) is 0 Å². The predicted molar refractivity (Wildman–Crippen MR) is 82.3 cm³/mol. The molecule has 0 aliphatic rings. The Morgan fingerprint density at radius 2 is 2.00 bits per heavy atom. The van der Waals surface area contributed by atoms with Crippen LogP contribution in [0.1, 0.15) is 47.9 Å². The summed E-state index contributed by atoms with van der Waals surface area (Å²) in [6.45, 7) is 8.69. The van der Waals surface area contributed by atoms with Crippen molar-refractivity contribution in [2.45, 2.75) is 46.6 Å². The van der Waals surface area contributed by atoms with Crippen LogP contribution >= 0.6 is 0 Å². The highest BCUT2D eigenvalue weighted by atomic mass is 16.2. The molecule has 0 spiro atoms. The molecule has 1 aromatic rings. The van der Waals surface area contributed by atoms with Crippen molar-refractivity contribution in [1.82, 2.24) is 9.47 Å². The first-order valence-electron chi connectivity index (χ1n) is 7.50. The molecule has 114 valence electrons. The van der Waals surface area contributed by atoms with Gasteiger partial charge in [0.15, 0.2) is 5.78 Å². The maximum Gasteiger partial charge on any atom is 0.178 e. The van der Waals surface area contributed by atoms with Gasteiger partial charge in [-0.05, 0) is 59.7 Å². The number of carbonyl (C=O) groups excluding carboxylic acids is 1. The number of likely N-dealkylation sites (N-methyl/N-ethyl adjacent to an activating group) is 1. The van der Waals surface area contributed by atoms with E-state index in [1.165, 1.54) is 0 Å². The lowest BCUT2D eigenvalue weighted by molar-refractivity contribution is 0.0944. The predicted octanol–water partition coefficient (Wildman–Crippen LogP) is 2.40. The molecule has 0 unspecified atom stereocenters. The lowest BCUT2D eigenvalue weighted by Crippen LogP contribution is -2.27. The molecule has 0 aliphatic heterocycles. The SMILES string of the molecule is CCn1c(C)cc(C(=O)CN(C)CCCCCO)c1C. The summed E-state index contributed by atoms with van der Waals surface area (Å²) in [5.74, 6) is 0.197. The summed E-state index contributed by atoms with van der Waals surface area (Å²) in [5.41, 5.74) is 3.08. The van der Waals surface area contributed by atoms with E-state index in [0.29, 0.717) is 6.54 Å². The van der Waals surface area contributed by atoms with Crippen molar-refractivity contribution < 1.29 is 9.90 Å². The second-order valence-electron chi connectivity index (χ2n) is 5.47. The average Bonchev–Trinajstić information content (AvgIpc) is 2.69. The minimum atomic E-state index is 0.197. The molecule has 4 heteroatoms. The molecular formula is C16H28N2O2. The van der Waals surface area contributed by atoms with Gasteiger partial charge < -0.3 is 9.67 Å². The summed E-state index contributed by atoms with van der Waals surface area (Å²) in [6.07, 6.45) is 2.89. The molecule has 0 aliphatic carbocycles. The molecule has 0 bridgehead atoms. The number of aliphatic hydroxyl groups is 1. The molecular weight excluding hydrogens is 252 g/mol. The van der Waals surface area contributed by atoms with Gasteiger partial charge in [0, 0.05) is 30.1 Å². The Labute approximate surface area is 122 Å². The van der Waals surface area contributed by atoms with Crippen molar-refractivity contribution in [3.05, 3.63) is 23.0 Å². The molecule has 20 heavy (non-hydrogen) atoms. The van der Waals surface area contributed by atoms with Crippen molar-refractivity contribution in [2.75, 3.05) is 26.7 Å². The lowest BCUT2D eigenvalue weighted by Gasteiger charge is -2.15. The molecule has 0 saturated carbocycles. The molecule has 0 saturated heterocycles. The number of carbonyl (C=O) groups is 1. The highest BCUT2D eigenvalue weighted by Gasteiger charge is 2.16. The van der Waals surface area contributed by atoms with E-state index in [1.807, 2.05) is 27.0 Å². The fourth-order valence-corrected chi connectivity index (χ4v) is 2.65. The van der Waals surface area contributed by atoms with E-state index in [0.717, 1.165) is 49.3 Å². The number of aliphatic hydroxyl groups excluding tert-OH is 1. The fraction of sp³-hybridized carbons (Fsp3) is 0.688. The van der Waals surface area contributed by atoms with E-state index in [4.69, 9.17) is 5.11 Å².